The van der Waals surface area contributed by atoms with Gasteiger partial charge in [-0.05, 0) is 31.5 Å². The lowest BCUT2D eigenvalue weighted by Gasteiger charge is -2.07. The number of benzene rings is 1. The SMILES string of the molecule is CCOC(=O)c1sc(NC(=O)COc2ccc([N+](=O)[O-])cc2Cl)cc1C. The highest BCUT2D eigenvalue weighted by Crippen LogP contribution is 2.29. The van der Waals surface area contributed by atoms with Crippen LogP contribution in [0.5, 0.6) is 5.75 Å². The fourth-order valence-electron chi connectivity index (χ4n) is 1.98. The summed E-state index contributed by atoms with van der Waals surface area (Å²) in [6.45, 7) is 3.38. The molecule has 26 heavy (non-hydrogen) atoms. The number of hydrogen-bond acceptors (Lipinski definition) is 7. The summed E-state index contributed by atoms with van der Waals surface area (Å²) in [5.74, 6) is -0.748. The van der Waals surface area contributed by atoms with E-state index in [2.05, 4.69) is 5.32 Å². The Labute approximate surface area is 157 Å². The van der Waals surface area contributed by atoms with Crippen molar-refractivity contribution < 1.29 is 24.0 Å². The lowest BCUT2D eigenvalue weighted by atomic mass is 10.3. The number of carbonyl (C=O) groups is 2. The van der Waals surface area contributed by atoms with Gasteiger partial charge in [0.15, 0.2) is 6.61 Å². The van der Waals surface area contributed by atoms with Crippen LogP contribution in [-0.4, -0.2) is 30.0 Å². The van der Waals surface area contributed by atoms with Crippen molar-refractivity contribution in [2.45, 2.75) is 13.8 Å². The first-order valence-electron chi connectivity index (χ1n) is 7.46. The quantitative estimate of drug-likeness (QED) is 0.431. The Kier molecular flexibility index (Phi) is 6.53. The number of esters is 1. The Hall–Kier alpha value is -2.65. The van der Waals surface area contributed by atoms with Gasteiger partial charge in [0.25, 0.3) is 11.6 Å². The minimum absolute atomic E-state index is 0.0311. The van der Waals surface area contributed by atoms with Crippen LogP contribution in [0, 0.1) is 17.0 Å². The molecule has 1 N–H and O–H groups in total. The largest absolute Gasteiger partial charge is 0.482 e. The molecule has 0 aliphatic heterocycles. The van der Waals surface area contributed by atoms with E-state index in [1.54, 1.807) is 19.9 Å². The number of non-ortho nitro benzene ring substituents is 1. The third-order valence-electron chi connectivity index (χ3n) is 3.13. The monoisotopic (exact) mass is 398 g/mol. The number of amides is 1. The van der Waals surface area contributed by atoms with E-state index in [0.717, 1.165) is 17.4 Å². The summed E-state index contributed by atoms with van der Waals surface area (Å²) in [6.07, 6.45) is 0. The zero-order chi connectivity index (χ0) is 19.3. The molecule has 0 fully saturated rings. The highest BCUT2D eigenvalue weighted by atomic mass is 35.5. The van der Waals surface area contributed by atoms with Crippen LogP contribution in [0.15, 0.2) is 24.3 Å². The molecule has 0 aliphatic rings. The van der Waals surface area contributed by atoms with Gasteiger partial charge < -0.3 is 14.8 Å². The predicted octanol–water partition coefficient (Wildman–Crippen LogP) is 3.81. The van der Waals surface area contributed by atoms with Crippen LogP contribution in [0.3, 0.4) is 0 Å². The topological polar surface area (TPSA) is 108 Å². The summed E-state index contributed by atoms with van der Waals surface area (Å²) in [6, 6.07) is 5.35. The van der Waals surface area contributed by atoms with Crippen LogP contribution in [0.2, 0.25) is 5.02 Å². The molecule has 1 aromatic carbocycles. The molecular formula is C16H15ClN2O6S. The molecule has 2 aromatic rings. The Balaban J connectivity index is 1.96. The van der Waals surface area contributed by atoms with Gasteiger partial charge in [-0.15, -0.1) is 11.3 Å². The average Bonchev–Trinajstić information content (AvgIpc) is 2.94. The maximum atomic E-state index is 12.0. The third kappa shape index (κ3) is 4.93. The fourth-order valence-corrected chi connectivity index (χ4v) is 3.19. The summed E-state index contributed by atoms with van der Waals surface area (Å²) < 4.78 is 10.2. The number of aryl methyl sites for hydroxylation is 1. The van der Waals surface area contributed by atoms with E-state index in [0.29, 0.717) is 15.4 Å². The van der Waals surface area contributed by atoms with Gasteiger partial charge in [-0.1, -0.05) is 11.6 Å². The first kappa shape index (κ1) is 19.7. The van der Waals surface area contributed by atoms with Crippen LogP contribution in [0.25, 0.3) is 0 Å². The minimum Gasteiger partial charge on any atom is -0.482 e. The number of nitrogens with zero attached hydrogens (tertiary/aromatic N) is 1. The van der Waals surface area contributed by atoms with Crippen molar-refractivity contribution in [3.63, 3.8) is 0 Å². The Morgan fingerprint density at radius 3 is 2.69 bits per heavy atom. The van der Waals surface area contributed by atoms with Crippen molar-refractivity contribution >= 4 is 45.5 Å². The van der Waals surface area contributed by atoms with Crippen LogP contribution < -0.4 is 10.1 Å². The van der Waals surface area contributed by atoms with Crippen LogP contribution in [-0.2, 0) is 9.53 Å². The number of nitro groups is 1. The molecule has 0 radical (unpaired) electrons. The zero-order valence-electron chi connectivity index (χ0n) is 13.9. The van der Waals surface area contributed by atoms with Gasteiger partial charge in [0.1, 0.15) is 10.6 Å². The van der Waals surface area contributed by atoms with E-state index in [4.69, 9.17) is 21.1 Å². The van der Waals surface area contributed by atoms with E-state index in [1.807, 2.05) is 0 Å². The molecule has 1 amide bonds. The van der Waals surface area contributed by atoms with Crippen molar-refractivity contribution in [3.8, 4) is 5.75 Å². The lowest BCUT2D eigenvalue weighted by molar-refractivity contribution is -0.384. The normalized spacial score (nSPS) is 10.3. The number of anilines is 1. The first-order chi connectivity index (χ1) is 12.3. The lowest BCUT2D eigenvalue weighted by Crippen LogP contribution is -2.19. The van der Waals surface area contributed by atoms with E-state index < -0.39 is 16.8 Å². The second-order valence-corrected chi connectivity index (χ2v) is 6.51. The predicted molar refractivity (Wildman–Crippen MR) is 97.2 cm³/mol. The second-order valence-electron chi connectivity index (χ2n) is 5.05. The highest BCUT2D eigenvalue weighted by Gasteiger charge is 2.16. The molecule has 0 unspecified atom stereocenters. The average molecular weight is 399 g/mol. The Morgan fingerprint density at radius 1 is 1.35 bits per heavy atom. The summed E-state index contributed by atoms with van der Waals surface area (Å²) in [5, 5.41) is 13.8. The van der Waals surface area contributed by atoms with Gasteiger partial charge in [0.05, 0.1) is 21.6 Å². The number of nitro benzene ring substituents is 1. The smallest absolute Gasteiger partial charge is 0.348 e. The Bertz CT molecular complexity index is 851. The van der Waals surface area contributed by atoms with Gasteiger partial charge in [0, 0.05) is 12.1 Å². The van der Waals surface area contributed by atoms with Crippen LogP contribution >= 0.6 is 22.9 Å². The molecule has 8 nitrogen and oxygen atoms in total. The maximum Gasteiger partial charge on any atom is 0.348 e. The van der Waals surface area contributed by atoms with Gasteiger partial charge in [0.2, 0.25) is 0 Å². The number of ether oxygens (including phenoxy) is 2. The summed E-state index contributed by atoms with van der Waals surface area (Å²) in [5.41, 5.74) is 0.524. The molecule has 0 saturated heterocycles. The molecule has 0 spiro atoms. The summed E-state index contributed by atoms with van der Waals surface area (Å²) in [4.78, 5) is 34.3. The molecule has 2 rings (SSSR count). The standard InChI is InChI=1S/C16H15ClN2O6S/c1-3-24-16(21)15-9(2)6-14(26-15)18-13(20)8-25-12-5-4-10(19(22)23)7-11(12)17/h4-7H,3,8H2,1-2H3,(H,18,20). The molecule has 1 aromatic heterocycles. The number of nitrogens with one attached hydrogen (secondary N) is 1. The van der Waals surface area contributed by atoms with E-state index in [9.17, 15) is 19.7 Å². The molecule has 1 heterocycles. The molecule has 0 atom stereocenters. The maximum absolute atomic E-state index is 12.0. The summed E-state index contributed by atoms with van der Waals surface area (Å²) >= 11 is 7.00. The van der Waals surface area contributed by atoms with Crippen molar-refractivity contribution in [1.82, 2.24) is 0 Å². The van der Waals surface area contributed by atoms with Crippen molar-refractivity contribution in [1.29, 1.82) is 0 Å². The molecule has 0 saturated carbocycles. The number of rotatable bonds is 7. The summed E-state index contributed by atoms with van der Waals surface area (Å²) in [7, 11) is 0. The number of carbonyl (C=O) groups excluding carboxylic acids is 2. The molecule has 0 aliphatic carbocycles. The minimum atomic E-state index is -0.581. The van der Waals surface area contributed by atoms with Gasteiger partial charge >= 0.3 is 5.97 Å². The fraction of sp³-hybridized carbons (Fsp3) is 0.250. The van der Waals surface area contributed by atoms with Crippen LogP contribution in [0.1, 0.15) is 22.2 Å². The third-order valence-corrected chi connectivity index (χ3v) is 4.55. The van der Waals surface area contributed by atoms with E-state index in [-0.39, 0.29) is 29.7 Å². The number of halogens is 1. The molecular weight excluding hydrogens is 384 g/mol. The van der Waals surface area contributed by atoms with E-state index >= 15 is 0 Å². The zero-order valence-corrected chi connectivity index (χ0v) is 15.5. The van der Waals surface area contributed by atoms with Gasteiger partial charge in [-0.3, -0.25) is 14.9 Å². The van der Waals surface area contributed by atoms with Crippen LogP contribution in [0.4, 0.5) is 10.7 Å². The second kappa shape index (κ2) is 8.63. The molecule has 10 heteroatoms. The Morgan fingerprint density at radius 2 is 2.08 bits per heavy atom. The van der Waals surface area contributed by atoms with Crippen molar-refractivity contribution in [2.24, 2.45) is 0 Å². The first-order valence-corrected chi connectivity index (χ1v) is 8.65. The molecule has 0 bridgehead atoms. The van der Waals surface area contributed by atoms with Crippen molar-refractivity contribution in [2.75, 3.05) is 18.5 Å². The number of hydrogen-bond donors (Lipinski definition) is 1. The van der Waals surface area contributed by atoms with Crippen molar-refractivity contribution in [3.05, 3.63) is 49.8 Å². The highest BCUT2D eigenvalue weighted by molar-refractivity contribution is 7.18. The molecule has 138 valence electrons. The number of thiophene rings is 1. The van der Waals surface area contributed by atoms with Gasteiger partial charge in [-0.25, -0.2) is 4.79 Å². The van der Waals surface area contributed by atoms with E-state index in [1.165, 1.54) is 12.1 Å². The van der Waals surface area contributed by atoms with Gasteiger partial charge in [-0.2, -0.15) is 0 Å².